The molecule has 5 aromatic rings. The number of fused-ring (bicyclic) bond motifs is 3. The summed E-state index contributed by atoms with van der Waals surface area (Å²) in [6.07, 6.45) is 2.93. The molecule has 0 amide bonds. The van der Waals surface area contributed by atoms with Crippen LogP contribution in [0, 0.1) is 5.82 Å². The molecule has 0 bridgehead atoms. The number of hydrogen-bond acceptors (Lipinski definition) is 5. The van der Waals surface area contributed by atoms with E-state index in [0.29, 0.717) is 49.0 Å². The van der Waals surface area contributed by atoms with Gasteiger partial charge in [0.05, 0.1) is 29.4 Å². The van der Waals surface area contributed by atoms with Gasteiger partial charge in [0.25, 0.3) is 0 Å². The third kappa shape index (κ3) is 5.46. The minimum absolute atomic E-state index is 0.275. The summed E-state index contributed by atoms with van der Waals surface area (Å²) >= 11 is 7.06. The minimum Gasteiger partial charge on any atom is -0.493 e. The lowest BCUT2D eigenvalue weighted by molar-refractivity contribution is 0.0512. The third-order valence-corrected chi connectivity index (χ3v) is 8.86. The molecule has 230 valence electrons. The number of halogens is 2. The number of aryl methyl sites for hydroxylation is 3. The van der Waals surface area contributed by atoms with E-state index in [2.05, 4.69) is 23.4 Å². The minimum atomic E-state index is -0.328. The van der Waals surface area contributed by atoms with E-state index in [1.54, 1.807) is 6.07 Å². The maximum Gasteiger partial charge on any atom is 0.355 e. The summed E-state index contributed by atoms with van der Waals surface area (Å²) in [7, 11) is 4.09. The number of ether oxygens (including phenoxy) is 2. The Labute approximate surface area is 262 Å². The molecular formula is C35H38ClFN4O3. The molecule has 1 aliphatic heterocycles. The molecule has 0 fully saturated rings. The molecule has 9 heteroatoms. The van der Waals surface area contributed by atoms with Gasteiger partial charge in [0.2, 0.25) is 0 Å². The molecule has 0 aliphatic carbocycles. The van der Waals surface area contributed by atoms with Crippen LogP contribution in [-0.4, -0.2) is 52.0 Å². The standard InChI is InChI=1S/C35H38ClFN4O3/c1-5-29-32-28(38-40(29)4)21-39(3)17-9-18-41-33-26(15-16-27(36)31(32)33)25(34(41)35(42)43-6-2)11-8-19-44-30-12-7-10-22-20-23(37)13-14-24(22)30/h7,10,12-16,20H,5-6,8-9,11,17-19,21H2,1-4H3. The van der Waals surface area contributed by atoms with Crippen LogP contribution in [-0.2, 0) is 37.7 Å². The van der Waals surface area contributed by atoms with E-state index in [4.69, 9.17) is 26.2 Å². The molecule has 0 saturated heterocycles. The highest BCUT2D eigenvalue weighted by Crippen LogP contribution is 2.43. The molecule has 44 heavy (non-hydrogen) atoms. The molecule has 7 nitrogen and oxygen atoms in total. The zero-order chi connectivity index (χ0) is 31.0. The summed E-state index contributed by atoms with van der Waals surface area (Å²) in [6, 6.07) is 14.3. The van der Waals surface area contributed by atoms with Crippen molar-refractivity contribution in [3.8, 4) is 16.9 Å². The summed E-state index contributed by atoms with van der Waals surface area (Å²) in [5, 5.41) is 8.24. The average molecular weight is 617 g/mol. The maximum atomic E-state index is 13.8. The first-order chi connectivity index (χ1) is 21.3. The van der Waals surface area contributed by atoms with Crippen molar-refractivity contribution in [1.82, 2.24) is 19.2 Å². The predicted molar refractivity (Wildman–Crippen MR) is 173 cm³/mol. The van der Waals surface area contributed by atoms with Crippen molar-refractivity contribution in [3.05, 3.63) is 82.0 Å². The lowest BCUT2D eigenvalue weighted by Gasteiger charge is -2.21. The Bertz CT molecular complexity index is 1860. The van der Waals surface area contributed by atoms with Crippen LogP contribution in [0.4, 0.5) is 4.39 Å². The number of esters is 1. The van der Waals surface area contributed by atoms with Crippen molar-refractivity contribution < 1.29 is 18.7 Å². The molecule has 0 radical (unpaired) electrons. The van der Waals surface area contributed by atoms with Gasteiger partial charge >= 0.3 is 5.97 Å². The van der Waals surface area contributed by atoms with E-state index in [-0.39, 0.29) is 18.4 Å². The Kier molecular flexibility index (Phi) is 8.65. The monoisotopic (exact) mass is 616 g/mol. The highest BCUT2D eigenvalue weighted by atomic mass is 35.5. The van der Waals surface area contributed by atoms with E-state index in [1.807, 2.05) is 49.0 Å². The fourth-order valence-corrected chi connectivity index (χ4v) is 6.93. The Morgan fingerprint density at radius 3 is 2.66 bits per heavy atom. The van der Waals surface area contributed by atoms with Gasteiger partial charge in [-0.3, -0.25) is 4.68 Å². The van der Waals surface area contributed by atoms with Crippen LogP contribution < -0.4 is 4.74 Å². The van der Waals surface area contributed by atoms with E-state index < -0.39 is 0 Å². The van der Waals surface area contributed by atoms with E-state index >= 15 is 0 Å². The second-order valence-corrected chi connectivity index (χ2v) is 11.8. The van der Waals surface area contributed by atoms with Gasteiger partial charge in [-0.2, -0.15) is 5.10 Å². The zero-order valence-electron chi connectivity index (χ0n) is 25.8. The highest BCUT2D eigenvalue weighted by molar-refractivity contribution is 6.35. The van der Waals surface area contributed by atoms with Gasteiger partial charge in [-0.25, -0.2) is 9.18 Å². The summed E-state index contributed by atoms with van der Waals surface area (Å²) in [5.41, 5.74) is 6.55. The summed E-state index contributed by atoms with van der Waals surface area (Å²) in [6.45, 7) is 6.91. The Morgan fingerprint density at radius 1 is 1.05 bits per heavy atom. The van der Waals surface area contributed by atoms with Gasteiger partial charge in [-0.15, -0.1) is 0 Å². The van der Waals surface area contributed by atoms with Crippen molar-refractivity contribution in [3.63, 3.8) is 0 Å². The van der Waals surface area contributed by atoms with Crippen molar-refractivity contribution >= 4 is 39.2 Å². The second kappa shape index (κ2) is 12.6. The second-order valence-electron chi connectivity index (χ2n) is 11.4. The lowest BCUT2D eigenvalue weighted by Crippen LogP contribution is -2.23. The zero-order valence-corrected chi connectivity index (χ0v) is 26.5. The quantitative estimate of drug-likeness (QED) is 0.133. The van der Waals surface area contributed by atoms with Gasteiger partial charge in [0, 0.05) is 47.7 Å². The smallest absolute Gasteiger partial charge is 0.355 e. The highest BCUT2D eigenvalue weighted by Gasteiger charge is 2.30. The first-order valence-corrected chi connectivity index (χ1v) is 15.8. The number of benzene rings is 3. The van der Waals surface area contributed by atoms with Crippen molar-refractivity contribution in [2.75, 3.05) is 26.8 Å². The average Bonchev–Trinajstić information content (AvgIpc) is 3.48. The van der Waals surface area contributed by atoms with E-state index in [9.17, 15) is 9.18 Å². The molecule has 0 N–H and O–H groups in total. The largest absolute Gasteiger partial charge is 0.493 e. The van der Waals surface area contributed by atoms with E-state index in [1.165, 1.54) is 12.1 Å². The topological polar surface area (TPSA) is 61.5 Å². The molecule has 0 spiro atoms. The number of nitrogens with zero attached hydrogens (tertiary/aromatic N) is 4. The number of carbonyl (C=O) groups excluding carboxylic acids is 1. The number of hydrogen-bond donors (Lipinski definition) is 0. The van der Waals surface area contributed by atoms with Gasteiger partial charge in [0.1, 0.15) is 17.3 Å². The number of aromatic nitrogens is 3. The maximum absolute atomic E-state index is 13.8. The molecule has 0 atom stereocenters. The SMILES string of the molecule is CCOC(=O)c1c(CCCOc2cccc3cc(F)ccc23)c2ccc(Cl)c3c2n1CCCN(C)Cc1nn(C)c(CC)c1-3. The molecule has 2 aromatic heterocycles. The van der Waals surface area contributed by atoms with Crippen LogP contribution in [0.2, 0.25) is 5.02 Å². The molecule has 0 unspecified atom stereocenters. The Morgan fingerprint density at radius 2 is 1.86 bits per heavy atom. The van der Waals surface area contributed by atoms with Crippen LogP contribution in [0.5, 0.6) is 5.75 Å². The van der Waals surface area contributed by atoms with Crippen molar-refractivity contribution in [2.24, 2.45) is 7.05 Å². The molecule has 6 rings (SSSR count). The van der Waals surface area contributed by atoms with Crippen LogP contribution in [0.15, 0.2) is 48.5 Å². The van der Waals surface area contributed by atoms with Gasteiger partial charge in [-0.05, 0) is 87.5 Å². The first kappa shape index (κ1) is 30.2. The van der Waals surface area contributed by atoms with Gasteiger partial charge in [0.15, 0.2) is 0 Å². The predicted octanol–water partition coefficient (Wildman–Crippen LogP) is 7.57. The Balaban J connectivity index is 1.45. The van der Waals surface area contributed by atoms with Crippen LogP contribution in [0.1, 0.15) is 54.1 Å². The summed E-state index contributed by atoms with van der Waals surface area (Å²) in [5.74, 6) is 0.108. The normalized spacial score (nSPS) is 13.8. The number of carbonyl (C=O) groups is 1. The van der Waals surface area contributed by atoms with E-state index in [0.717, 1.165) is 69.1 Å². The van der Waals surface area contributed by atoms with Gasteiger partial charge < -0.3 is 18.9 Å². The van der Waals surface area contributed by atoms with Crippen LogP contribution in [0.25, 0.3) is 32.8 Å². The van der Waals surface area contributed by atoms with Crippen molar-refractivity contribution in [2.45, 2.75) is 52.6 Å². The molecule has 0 saturated carbocycles. The first-order valence-electron chi connectivity index (χ1n) is 15.4. The summed E-state index contributed by atoms with van der Waals surface area (Å²) < 4.78 is 29.7. The molecule has 1 aliphatic rings. The Hall–Kier alpha value is -3.88. The summed E-state index contributed by atoms with van der Waals surface area (Å²) in [4.78, 5) is 16.0. The molecule has 3 heterocycles. The van der Waals surface area contributed by atoms with Crippen LogP contribution >= 0.6 is 11.6 Å². The fraction of sp³-hybridized carbons (Fsp3) is 0.371. The van der Waals surface area contributed by atoms with Gasteiger partial charge in [-0.1, -0.05) is 36.7 Å². The number of rotatable bonds is 8. The van der Waals surface area contributed by atoms with Crippen LogP contribution in [0.3, 0.4) is 0 Å². The van der Waals surface area contributed by atoms with Crippen molar-refractivity contribution in [1.29, 1.82) is 0 Å². The fourth-order valence-electron chi connectivity index (χ4n) is 6.68. The molecular weight excluding hydrogens is 579 g/mol. The molecule has 3 aromatic carbocycles. The third-order valence-electron chi connectivity index (χ3n) is 8.54. The lowest BCUT2D eigenvalue weighted by atomic mass is 9.96.